The molecule has 0 aliphatic heterocycles. The molecule has 6 heteroatoms. The lowest BCUT2D eigenvalue weighted by molar-refractivity contribution is 0.150. The van der Waals surface area contributed by atoms with E-state index in [0.29, 0.717) is 0 Å². The topological polar surface area (TPSA) is 60.5 Å². The fraction of sp³-hybridized carbons (Fsp3) is 0.300. The molecule has 1 aromatic rings. The summed E-state index contributed by atoms with van der Waals surface area (Å²) in [6, 6.07) is 4.54. The van der Waals surface area contributed by atoms with Gasteiger partial charge in [0.05, 0.1) is 35.3 Å². The molecule has 0 bridgehead atoms. The van der Waals surface area contributed by atoms with Crippen molar-refractivity contribution in [2.24, 2.45) is 0 Å². The van der Waals surface area contributed by atoms with Gasteiger partial charge in [-0.2, -0.15) is 10.5 Å². The fourth-order valence-electron chi connectivity index (χ4n) is 1.21. The third-order valence-corrected chi connectivity index (χ3v) is 2.20. The predicted octanol–water partition coefficient (Wildman–Crippen LogP) is 2.70. The largest absolute Gasteiger partial charge is 0.265 e. The zero-order chi connectivity index (χ0) is 12.1. The Balaban J connectivity index is 3.38. The van der Waals surface area contributed by atoms with Crippen LogP contribution in [0.1, 0.15) is 28.9 Å². The smallest absolute Gasteiger partial charge is 0.254 e. The molecule has 3 nitrogen and oxygen atoms in total. The van der Waals surface area contributed by atoms with Crippen LogP contribution in [0.2, 0.25) is 0 Å². The van der Waals surface area contributed by atoms with E-state index >= 15 is 0 Å². The van der Waals surface area contributed by atoms with Crippen LogP contribution in [0.25, 0.3) is 0 Å². The number of halogens is 3. The van der Waals surface area contributed by atoms with Crippen molar-refractivity contribution in [1.29, 1.82) is 10.5 Å². The molecule has 0 aliphatic carbocycles. The zero-order valence-electron chi connectivity index (χ0n) is 8.04. The summed E-state index contributed by atoms with van der Waals surface area (Å²) in [6.07, 6.45) is -2.98. The fourth-order valence-corrected chi connectivity index (χ4v) is 1.42. The van der Waals surface area contributed by atoms with Crippen molar-refractivity contribution in [2.75, 3.05) is 0 Å². The summed E-state index contributed by atoms with van der Waals surface area (Å²) in [4.78, 5) is 3.82. The first-order chi connectivity index (χ1) is 7.63. The maximum absolute atomic E-state index is 12.6. The van der Waals surface area contributed by atoms with Gasteiger partial charge in [0, 0.05) is 5.56 Å². The second-order valence-electron chi connectivity index (χ2n) is 2.90. The molecule has 0 spiro atoms. The highest BCUT2D eigenvalue weighted by molar-refractivity contribution is 6.17. The van der Waals surface area contributed by atoms with Gasteiger partial charge in [-0.15, -0.1) is 11.6 Å². The number of hydrogen-bond acceptors (Lipinski definition) is 3. The number of aromatic nitrogens is 1. The van der Waals surface area contributed by atoms with Gasteiger partial charge in [-0.1, -0.05) is 0 Å². The monoisotopic (exact) mass is 241 g/mol. The maximum Gasteiger partial charge on any atom is 0.265 e. The number of nitrogens with zero attached hydrogens (tertiary/aromatic N) is 3. The van der Waals surface area contributed by atoms with Crippen LogP contribution in [0.5, 0.6) is 0 Å². The molecular formula is C10H6ClF2N3. The summed E-state index contributed by atoms with van der Waals surface area (Å²) in [5, 5.41) is 17.2. The number of hydrogen-bond donors (Lipinski definition) is 0. The van der Waals surface area contributed by atoms with Crippen LogP contribution in [-0.2, 0) is 12.3 Å². The number of pyridine rings is 1. The highest BCUT2D eigenvalue weighted by Crippen LogP contribution is 2.25. The third kappa shape index (κ3) is 2.44. The summed E-state index contributed by atoms with van der Waals surface area (Å²) in [5.74, 6) is -0.0508. The molecule has 0 amide bonds. The van der Waals surface area contributed by atoms with E-state index in [9.17, 15) is 8.78 Å². The standard InChI is InChI=1S/C10H6ClF2N3/c11-4-9-6(5-15)3-7(10(12)13)8(16-9)1-2-14/h3,10H,1,4H2. The molecule has 1 rings (SSSR count). The molecule has 0 saturated heterocycles. The van der Waals surface area contributed by atoms with Crippen LogP contribution in [-0.4, -0.2) is 4.98 Å². The summed E-state index contributed by atoms with van der Waals surface area (Å²) >= 11 is 5.53. The molecule has 16 heavy (non-hydrogen) atoms. The zero-order valence-corrected chi connectivity index (χ0v) is 8.80. The van der Waals surface area contributed by atoms with E-state index < -0.39 is 6.43 Å². The minimum atomic E-state index is -2.76. The van der Waals surface area contributed by atoms with Crippen molar-refractivity contribution in [3.05, 3.63) is 28.6 Å². The average molecular weight is 242 g/mol. The molecule has 0 N–H and O–H groups in total. The minimum Gasteiger partial charge on any atom is -0.254 e. The van der Waals surface area contributed by atoms with Crippen molar-refractivity contribution >= 4 is 11.6 Å². The molecule has 1 aromatic heterocycles. The van der Waals surface area contributed by atoms with Crippen molar-refractivity contribution < 1.29 is 8.78 Å². The molecule has 82 valence electrons. The molecule has 0 aliphatic rings. The summed E-state index contributed by atoms with van der Waals surface area (Å²) in [7, 11) is 0. The van der Waals surface area contributed by atoms with Crippen LogP contribution in [0, 0.1) is 22.7 Å². The highest BCUT2D eigenvalue weighted by Gasteiger charge is 2.17. The Morgan fingerprint density at radius 3 is 2.50 bits per heavy atom. The summed E-state index contributed by atoms with van der Waals surface area (Å²) < 4.78 is 25.2. The van der Waals surface area contributed by atoms with Crippen molar-refractivity contribution in [3.63, 3.8) is 0 Å². The number of rotatable bonds is 3. The second-order valence-corrected chi connectivity index (χ2v) is 3.17. The summed E-state index contributed by atoms with van der Waals surface area (Å²) in [6.45, 7) is 0. The number of alkyl halides is 3. The molecule has 0 unspecified atom stereocenters. The van der Waals surface area contributed by atoms with E-state index in [1.807, 2.05) is 0 Å². The molecular weight excluding hydrogens is 236 g/mol. The van der Waals surface area contributed by atoms with E-state index in [2.05, 4.69) is 4.98 Å². The first-order valence-corrected chi connectivity index (χ1v) is 4.81. The minimum absolute atomic E-state index is 0.0204. The molecule has 0 saturated carbocycles. The van der Waals surface area contributed by atoms with Gasteiger partial charge in [0.25, 0.3) is 6.43 Å². The molecule has 0 atom stereocenters. The van der Waals surface area contributed by atoms with Gasteiger partial charge in [0.2, 0.25) is 0 Å². The Hall–Kier alpha value is -1.72. The Labute approximate surface area is 95.9 Å². The van der Waals surface area contributed by atoms with E-state index in [4.69, 9.17) is 22.1 Å². The van der Waals surface area contributed by atoms with Gasteiger partial charge in [0.1, 0.15) is 6.07 Å². The Kier molecular flexibility index (Phi) is 4.16. The Bertz CT molecular complexity index is 474. The first-order valence-electron chi connectivity index (χ1n) is 4.27. The summed E-state index contributed by atoms with van der Waals surface area (Å²) in [5.41, 5.74) is -0.162. The molecule has 1 heterocycles. The average Bonchev–Trinajstić information content (AvgIpc) is 2.28. The maximum atomic E-state index is 12.6. The predicted molar refractivity (Wildman–Crippen MR) is 52.8 cm³/mol. The Morgan fingerprint density at radius 1 is 1.38 bits per heavy atom. The lowest BCUT2D eigenvalue weighted by Crippen LogP contribution is -2.03. The Morgan fingerprint density at radius 2 is 2.06 bits per heavy atom. The molecule has 0 fully saturated rings. The van der Waals surface area contributed by atoms with Crippen LogP contribution < -0.4 is 0 Å². The third-order valence-electron chi connectivity index (χ3n) is 1.94. The van der Waals surface area contributed by atoms with Gasteiger partial charge in [-0.3, -0.25) is 4.98 Å². The molecule has 0 aromatic carbocycles. The van der Waals surface area contributed by atoms with E-state index in [-0.39, 0.29) is 34.8 Å². The second kappa shape index (κ2) is 5.39. The highest BCUT2D eigenvalue weighted by atomic mass is 35.5. The van der Waals surface area contributed by atoms with Crippen LogP contribution in [0.3, 0.4) is 0 Å². The number of nitriles is 2. The van der Waals surface area contributed by atoms with Crippen LogP contribution >= 0.6 is 11.6 Å². The van der Waals surface area contributed by atoms with Crippen molar-refractivity contribution in [2.45, 2.75) is 18.7 Å². The van der Waals surface area contributed by atoms with Crippen LogP contribution in [0.4, 0.5) is 8.78 Å². The van der Waals surface area contributed by atoms with Crippen molar-refractivity contribution in [3.8, 4) is 12.1 Å². The lowest BCUT2D eigenvalue weighted by Gasteiger charge is -2.08. The first kappa shape index (κ1) is 12.4. The van der Waals surface area contributed by atoms with Gasteiger partial charge < -0.3 is 0 Å². The van der Waals surface area contributed by atoms with E-state index in [1.54, 1.807) is 12.1 Å². The lowest BCUT2D eigenvalue weighted by atomic mass is 10.1. The molecule has 0 radical (unpaired) electrons. The van der Waals surface area contributed by atoms with Gasteiger partial charge in [-0.25, -0.2) is 8.78 Å². The SMILES string of the molecule is N#CCc1nc(CCl)c(C#N)cc1C(F)F. The van der Waals surface area contributed by atoms with E-state index in [1.165, 1.54) is 0 Å². The van der Waals surface area contributed by atoms with Gasteiger partial charge in [-0.05, 0) is 6.07 Å². The van der Waals surface area contributed by atoms with Gasteiger partial charge >= 0.3 is 0 Å². The van der Waals surface area contributed by atoms with Crippen molar-refractivity contribution in [1.82, 2.24) is 4.98 Å². The van der Waals surface area contributed by atoms with E-state index in [0.717, 1.165) is 6.07 Å². The normalized spacial score (nSPS) is 9.88. The quantitative estimate of drug-likeness (QED) is 0.765. The van der Waals surface area contributed by atoms with Crippen LogP contribution in [0.15, 0.2) is 6.07 Å². The van der Waals surface area contributed by atoms with Gasteiger partial charge in [0.15, 0.2) is 0 Å².